The van der Waals surface area contributed by atoms with Gasteiger partial charge < -0.3 is 29.2 Å². The number of carboxylic acid groups (broad SMARTS) is 2. The van der Waals surface area contributed by atoms with Crippen LogP contribution in [-0.2, 0) is 18.9 Å². The Morgan fingerprint density at radius 2 is 1.41 bits per heavy atom. The van der Waals surface area contributed by atoms with Crippen molar-refractivity contribution in [2.24, 2.45) is 0 Å². The minimum absolute atomic E-state index is 0.0585. The maximum Gasteiger partial charge on any atom is 0.505 e. The number of carbonyl (C=O) groups is 2. The quantitative estimate of drug-likeness (QED) is 0.302. The van der Waals surface area contributed by atoms with Crippen molar-refractivity contribution in [3.63, 3.8) is 0 Å². The molecule has 0 saturated heterocycles. The Bertz CT molecular complexity index is 356. The molecule has 0 bridgehead atoms. The molecule has 8 nitrogen and oxygen atoms in total. The Morgan fingerprint density at radius 1 is 0.909 bits per heavy atom. The van der Waals surface area contributed by atoms with E-state index in [1.807, 2.05) is 0 Å². The third kappa shape index (κ3) is 9.78. The van der Waals surface area contributed by atoms with Gasteiger partial charge in [0.05, 0.1) is 25.4 Å². The lowest BCUT2D eigenvalue weighted by atomic mass is 9.96. The summed E-state index contributed by atoms with van der Waals surface area (Å²) in [6, 6.07) is 0. The summed E-state index contributed by atoms with van der Waals surface area (Å²) in [5.74, 6) is 0. The molecule has 0 aromatic heterocycles. The summed E-state index contributed by atoms with van der Waals surface area (Å²) in [4.78, 5) is 20.5. The lowest BCUT2D eigenvalue weighted by Gasteiger charge is -2.32. The van der Waals surface area contributed by atoms with Crippen LogP contribution in [0, 0.1) is 0 Å². The van der Waals surface area contributed by atoms with Crippen LogP contribution in [0.1, 0.15) is 12.8 Å². The molecule has 2 N–H and O–H groups in total. The molecule has 126 valence electrons. The van der Waals surface area contributed by atoms with Gasteiger partial charge in [0, 0.05) is 0 Å². The standard InChI is InChI=1S/C14H22O8/c1-3-5-14(6-4-2,22-10-9-21-13(17)18)11-19-7-8-20-12(15)16/h3-4H,1-2,5-11H2,(H,15,16)(H,17,18). The Hall–Kier alpha value is -2.06. The molecule has 0 saturated carbocycles. The molecule has 0 aromatic rings. The minimum Gasteiger partial charge on any atom is -0.450 e. The Kier molecular flexibility index (Phi) is 10.5. The molecule has 0 rings (SSSR count). The van der Waals surface area contributed by atoms with Gasteiger partial charge >= 0.3 is 12.3 Å². The Balaban J connectivity index is 4.36. The third-order valence-corrected chi connectivity index (χ3v) is 2.57. The van der Waals surface area contributed by atoms with Crippen molar-refractivity contribution in [1.82, 2.24) is 0 Å². The number of hydrogen-bond acceptors (Lipinski definition) is 6. The van der Waals surface area contributed by atoms with E-state index in [1.54, 1.807) is 12.2 Å². The number of hydrogen-bond donors (Lipinski definition) is 2. The van der Waals surface area contributed by atoms with Crippen LogP contribution >= 0.6 is 0 Å². The highest BCUT2D eigenvalue weighted by Gasteiger charge is 2.29. The molecule has 0 fully saturated rings. The van der Waals surface area contributed by atoms with E-state index >= 15 is 0 Å². The first kappa shape index (κ1) is 19.9. The number of rotatable bonds is 13. The minimum atomic E-state index is -1.37. The van der Waals surface area contributed by atoms with Crippen LogP contribution in [0.2, 0.25) is 0 Å². The van der Waals surface area contributed by atoms with Gasteiger partial charge in [-0.3, -0.25) is 0 Å². The third-order valence-electron chi connectivity index (χ3n) is 2.57. The Morgan fingerprint density at radius 3 is 1.86 bits per heavy atom. The van der Waals surface area contributed by atoms with E-state index in [9.17, 15) is 9.59 Å². The largest absolute Gasteiger partial charge is 0.505 e. The van der Waals surface area contributed by atoms with Gasteiger partial charge in [-0.05, 0) is 12.8 Å². The van der Waals surface area contributed by atoms with Gasteiger partial charge in [-0.25, -0.2) is 9.59 Å². The zero-order valence-electron chi connectivity index (χ0n) is 12.4. The smallest absolute Gasteiger partial charge is 0.450 e. The summed E-state index contributed by atoms with van der Waals surface area (Å²) in [5.41, 5.74) is -0.755. The van der Waals surface area contributed by atoms with Crippen LogP contribution in [0.5, 0.6) is 0 Å². The van der Waals surface area contributed by atoms with E-state index in [-0.39, 0.29) is 33.0 Å². The van der Waals surface area contributed by atoms with Crippen LogP contribution in [0.25, 0.3) is 0 Å². The van der Waals surface area contributed by atoms with Crippen molar-refractivity contribution < 1.29 is 38.7 Å². The first-order valence-corrected chi connectivity index (χ1v) is 6.60. The van der Waals surface area contributed by atoms with E-state index in [1.165, 1.54) is 0 Å². The molecule has 0 spiro atoms. The summed E-state index contributed by atoms with van der Waals surface area (Å²) >= 11 is 0. The van der Waals surface area contributed by atoms with E-state index in [0.29, 0.717) is 12.8 Å². The summed E-state index contributed by atoms with van der Waals surface area (Å²) in [5, 5.41) is 16.7. The SMILES string of the molecule is C=CCC(CC=C)(COCCOC(=O)O)OCCOC(=O)O. The van der Waals surface area contributed by atoms with E-state index in [2.05, 4.69) is 22.6 Å². The van der Waals surface area contributed by atoms with Gasteiger partial charge in [0.2, 0.25) is 0 Å². The van der Waals surface area contributed by atoms with Crippen molar-refractivity contribution in [2.45, 2.75) is 18.4 Å². The second-order valence-electron chi connectivity index (χ2n) is 4.30. The number of ether oxygens (including phenoxy) is 4. The zero-order chi connectivity index (χ0) is 16.8. The maximum atomic E-state index is 10.3. The highest BCUT2D eigenvalue weighted by Crippen LogP contribution is 2.23. The second kappa shape index (κ2) is 11.6. The molecule has 0 heterocycles. The van der Waals surface area contributed by atoms with Crippen molar-refractivity contribution in [3.05, 3.63) is 25.3 Å². The lowest BCUT2D eigenvalue weighted by molar-refractivity contribution is -0.107. The van der Waals surface area contributed by atoms with Gasteiger partial charge in [-0.2, -0.15) is 0 Å². The summed E-state index contributed by atoms with van der Waals surface area (Å²) in [6.07, 6.45) is 1.47. The fourth-order valence-electron chi connectivity index (χ4n) is 1.72. The zero-order valence-corrected chi connectivity index (χ0v) is 12.4. The van der Waals surface area contributed by atoms with Crippen molar-refractivity contribution in [1.29, 1.82) is 0 Å². The molecular weight excluding hydrogens is 296 g/mol. The van der Waals surface area contributed by atoms with E-state index < -0.39 is 17.9 Å². The van der Waals surface area contributed by atoms with E-state index in [0.717, 1.165) is 0 Å². The molecule has 8 heteroatoms. The monoisotopic (exact) mass is 318 g/mol. The normalized spacial score (nSPS) is 10.7. The molecule has 0 atom stereocenters. The first-order chi connectivity index (χ1) is 10.5. The van der Waals surface area contributed by atoms with Gasteiger partial charge in [0.15, 0.2) is 0 Å². The van der Waals surface area contributed by atoms with Gasteiger partial charge in [-0.1, -0.05) is 12.2 Å². The highest BCUT2D eigenvalue weighted by molar-refractivity contribution is 5.56. The lowest BCUT2D eigenvalue weighted by Crippen LogP contribution is -2.38. The van der Waals surface area contributed by atoms with Gasteiger partial charge in [0.1, 0.15) is 13.2 Å². The summed E-state index contributed by atoms with van der Waals surface area (Å²) < 4.78 is 19.7. The highest BCUT2D eigenvalue weighted by atomic mass is 16.7. The fraction of sp³-hybridized carbons (Fsp3) is 0.571. The predicted octanol–water partition coefficient (Wildman–Crippen LogP) is 2.30. The molecular formula is C14H22O8. The average molecular weight is 318 g/mol. The molecule has 0 aliphatic heterocycles. The second-order valence-corrected chi connectivity index (χ2v) is 4.30. The summed E-state index contributed by atoms with van der Waals surface area (Å²) in [7, 11) is 0. The molecule has 0 unspecified atom stereocenters. The van der Waals surface area contributed by atoms with Crippen LogP contribution in [0.3, 0.4) is 0 Å². The Labute approximate surface area is 128 Å². The first-order valence-electron chi connectivity index (χ1n) is 6.60. The molecule has 0 aromatic carbocycles. The molecule has 0 radical (unpaired) electrons. The predicted molar refractivity (Wildman–Crippen MR) is 77.1 cm³/mol. The van der Waals surface area contributed by atoms with Crippen LogP contribution in [0.15, 0.2) is 25.3 Å². The maximum absolute atomic E-state index is 10.3. The molecule has 0 aliphatic rings. The van der Waals surface area contributed by atoms with Gasteiger partial charge in [-0.15, -0.1) is 13.2 Å². The fourth-order valence-corrected chi connectivity index (χ4v) is 1.72. The molecule has 22 heavy (non-hydrogen) atoms. The molecule has 0 amide bonds. The van der Waals surface area contributed by atoms with Crippen molar-refractivity contribution >= 4 is 12.3 Å². The van der Waals surface area contributed by atoms with Crippen LogP contribution in [-0.4, -0.2) is 61.2 Å². The topological polar surface area (TPSA) is 112 Å². The van der Waals surface area contributed by atoms with Crippen molar-refractivity contribution in [3.8, 4) is 0 Å². The summed E-state index contributed by atoms with van der Waals surface area (Å²) in [6.45, 7) is 7.41. The van der Waals surface area contributed by atoms with Crippen LogP contribution in [0.4, 0.5) is 9.59 Å². The van der Waals surface area contributed by atoms with Gasteiger partial charge in [0.25, 0.3) is 0 Å². The average Bonchev–Trinajstić information content (AvgIpc) is 2.43. The molecule has 0 aliphatic carbocycles. The van der Waals surface area contributed by atoms with E-state index in [4.69, 9.17) is 19.7 Å². The van der Waals surface area contributed by atoms with Crippen molar-refractivity contribution in [2.75, 3.05) is 33.0 Å². The van der Waals surface area contributed by atoms with Crippen LogP contribution < -0.4 is 0 Å².